The Bertz CT molecular complexity index is 734. The number of ether oxygens (including phenoxy) is 2. The Morgan fingerprint density at radius 3 is 2.76 bits per heavy atom. The van der Waals surface area contributed by atoms with E-state index in [-0.39, 0.29) is 11.9 Å². The van der Waals surface area contributed by atoms with Crippen LogP contribution in [0.25, 0.3) is 0 Å². The van der Waals surface area contributed by atoms with Gasteiger partial charge in [-0.2, -0.15) is 0 Å². The molecule has 1 atom stereocenters. The van der Waals surface area contributed by atoms with Gasteiger partial charge in [0, 0.05) is 13.1 Å². The fraction of sp³-hybridized carbons (Fsp3) is 0.400. The van der Waals surface area contributed by atoms with Gasteiger partial charge in [-0.15, -0.1) is 0 Å². The summed E-state index contributed by atoms with van der Waals surface area (Å²) < 4.78 is 25.1. The monoisotopic (exact) mass is 344 g/mol. The van der Waals surface area contributed by atoms with E-state index >= 15 is 0 Å². The topological polar surface area (TPSA) is 33.7 Å². The van der Waals surface area contributed by atoms with Crippen LogP contribution >= 0.6 is 0 Å². The summed E-state index contributed by atoms with van der Waals surface area (Å²) in [5, 5.41) is 3.49. The predicted molar refractivity (Wildman–Crippen MR) is 97.0 cm³/mol. The van der Waals surface area contributed by atoms with Crippen LogP contribution in [0, 0.1) is 5.82 Å². The second kappa shape index (κ2) is 7.85. The highest BCUT2D eigenvalue weighted by Crippen LogP contribution is 2.37. The number of methoxy groups -OCH3 is 1. The minimum Gasteiger partial charge on any atom is -0.493 e. The third-order valence-corrected chi connectivity index (χ3v) is 4.46. The van der Waals surface area contributed by atoms with Gasteiger partial charge in [0.15, 0.2) is 11.5 Å². The van der Waals surface area contributed by atoms with Gasteiger partial charge in [0.1, 0.15) is 12.4 Å². The van der Waals surface area contributed by atoms with Gasteiger partial charge in [0.25, 0.3) is 0 Å². The van der Waals surface area contributed by atoms with E-state index in [1.807, 2.05) is 32.3 Å². The number of nitrogens with zero attached hydrogens (tertiary/aromatic N) is 1. The molecule has 1 aliphatic heterocycles. The van der Waals surface area contributed by atoms with Gasteiger partial charge < -0.3 is 19.7 Å². The fourth-order valence-electron chi connectivity index (χ4n) is 3.16. The summed E-state index contributed by atoms with van der Waals surface area (Å²) in [6.45, 7) is 2.25. The molecule has 1 aliphatic rings. The molecule has 3 rings (SSSR count). The molecule has 1 N–H and O–H groups in total. The number of hydrogen-bond donors (Lipinski definition) is 1. The summed E-state index contributed by atoms with van der Waals surface area (Å²) >= 11 is 0. The number of halogens is 1. The molecule has 0 fully saturated rings. The summed E-state index contributed by atoms with van der Waals surface area (Å²) in [6.07, 6.45) is 0.912. The first kappa shape index (κ1) is 17.7. The SMILES string of the molecule is COc1cc2c(cc1OCCN(C)C)C(c1cccc(F)c1)NCC2. The first-order valence-electron chi connectivity index (χ1n) is 8.55. The van der Waals surface area contributed by atoms with Crippen molar-refractivity contribution in [1.29, 1.82) is 0 Å². The van der Waals surface area contributed by atoms with Crippen molar-refractivity contribution in [3.05, 3.63) is 58.9 Å². The van der Waals surface area contributed by atoms with Gasteiger partial charge in [-0.3, -0.25) is 0 Å². The molecular formula is C20H25FN2O2. The van der Waals surface area contributed by atoms with Gasteiger partial charge in [0.2, 0.25) is 0 Å². The fourth-order valence-corrected chi connectivity index (χ4v) is 3.16. The largest absolute Gasteiger partial charge is 0.493 e. The molecule has 4 nitrogen and oxygen atoms in total. The van der Waals surface area contributed by atoms with Crippen molar-refractivity contribution < 1.29 is 13.9 Å². The average molecular weight is 344 g/mol. The molecule has 0 saturated heterocycles. The van der Waals surface area contributed by atoms with Crippen molar-refractivity contribution in [2.24, 2.45) is 0 Å². The zero-order chi connectivity index (χ0) is 17.8. The molecular weight excluding hydrogens is 319 g/mol. The molecule has 2 aromatic rings. The van der Waals surface area contributed by atoms with E-state index in [4.69, 9.17) is 9.47 Å². The van der Waals surface area contributed by atoms with Crippen LogP contribution in [0.1, 0.15) is 22.7 Å². The predicted octanol–water partition coefficient (Wildman–Crippen LogP) is 3.01. The Kier molecular flexibility index (Phi) is 5.56. The lowest BCUT2D eigenvalue weighted by atomic mass is 9.89. The summed E-state index contributed by atoms with van der Waals surface area (Å²) in [5.41, 5.74) is 3.26. The maximum absolute atomic E-state index is 13.7. The van der Waals surface area contributed by atoms with E-state index in [2.05, 4.69) is 10.2 Å². The van der Waals surface area contributed by atoms with Crippen molar-refractivity contribution in [3.63, 3.8) is 0 Å². The molecule has 0 radical (unpaired) electrons. The maximum atomic E-state index is 13.7. The minimum absolute atomic E-state index is 0.0402. The maximum Gasteiger partial charge on any atom is 0.161 e. The highest BCUT2D eigenvalue weighted by molar-refractivity contribution is 5.51. The zero-order valence-corrected chi connectivity index (χ0v) is 15.0. The molecule has 5 heteroatoms. The number of fused-ring (bicyclic) bond motifs is 1. The van der Waals surface area contributed by atoms with Gasteiger partial charge in [0.05, 0.1) is 13.2 Å². The molecule has 2 aromatic carbocycles. The number of rotatable bonds is 6. The highest BCUT2D eigenvalue weighted by Gasteiger charge is 2.24. The Hall–Kier alpha value is -2.11. The first-order valence-corrected chi connectivity index (χ1v) is 8.55. The van der Waals surface area contributed by atoms with Crippen LogP contribution in [0.5, 0.6) is 11.5 Å². The number of nitrogens with one attached hydrogen (secondary N) is 1. The molecule has 0 saturated carbocycles. The van der Waals surface area contributed by atoms with Crippen LogP contribution in [-0.2, 0) is 6.42 Å². The van der Waals surface area contributed by atoms with Crippen LogP contribution < -0.4 is 14.8 Å². The zero-order valence-electron chi connectivity index (χ0n) is 15.0. The first-order chi connectivity index (χ1) is 12.1. The van der Waals surface area contributed by atoms with E-state index in [0.29, 0.717) is 6.61 Å². The second-order valence-corrected chi connectivity index (χ2v) is 6.55. The highest BCUT2D eigenvalue weighted by atomic mass is 19.1. The Labute approximate surface area is 148 Å². The molecule has 134 valence electrons. The number of hydrogen-bond acceptors (Lipinski definition) is 4. The Morgan fingerprint density at radius 1 is 1.20 bits per heavy atom. The summed E-state index contributed by atoms with van der Waals surface area (Å²) in [6, 6.07) is 10.8. The quantitative estimate of drug-likeness (QED) is 0.873. The molecule has 25 heavy (non-hydrogen) atoms. The van der Waals surface area contributed by atoms with Crippen molar-refractivity contribution in [3.8, 4) is 11.5 Å². The molecule has 0 bridgehead atoms. The number of likely N-dealkylation sites (N-methyl/N-ethyl adjacent to an activating group) is 1. The van der Waals surface area contributed by atoms with E-state index in [1.165, 1.54) is 11.6 Å². The van der Waals surface area contributed by atoms with Gasteiger partial charge in [-0.05, 0) is 61.5 Å². The summed E-state index contributed by atoms with van der Waals surface area (Å²) in [5.74, 6) is 1.26. The van der Waals surface area contributed by atoms with E-state index in [0.717, 1.165) is 42.1 Å². The Morgan fingerprint density at radius 2 is 2.04 bits per heavy atom. The van der Waals surface area contributed by atoms with Crippen molar-refractivity contribution in [1.82, 2.24) is 10.2 Å². The molecule has 0 amide bonds. The molecule has 0 spiro atoms. The van der Waals surface area contributed by atoms with Crippen LogP contribution in [0.2, 0.25) is 0 Å². The third-order valence-electron chi connectivity index (χ3n) is 4.46. The molecule has 1 unspecified atom stereocenters. The second-order valence-electron chi connectivity index (χ2n) is 6.55. The van der Waals surface area contributed by atoms with Gasteiger partial charge in [-0.1, -0.05) is 12.1 Å². The smallest absolute Gasteiger partial charge is 0.161 e. The lowest BCUT2D eigenvalue weighted by molar-refractivity contribution is 0.250. The summed E-state index contributed by atoms with van der Waals surface area (Å²) in [4.78, 5) is 2.07. The normalized spacial score (nSPS) is 16.6. The van der Waals surface area contributed by atoms with Crippen LogP contribution in [-0.4, -0.2) is 45.8 Å². The third kappa shape index (κ3) is 4.11. The molecule has 0 aliphatic carbocycles. The van der Waals surface area contributed by atoms with Crippen LogP contribution in [0.4, 0.5) is 4.39 Å². The number of benzene rings is 2. The van der Waals surface area contributed by atoms with Crippen LogP contribution in [0.3, 0.4) is 0 Å². The lowest BCUT2D eigenvalue weighted by Gasteiger charge is -2.29. The average Bonchev–Trinajstić information content (AvgIpc) is 2.60. The van der Waals surface area contributed by atoms with Gasteiger partial charge in [-0.25, -0.2) is 4.39 Å². The van der Waals surface area contributed by atoms with Crippen molar-refractivity contribution in [2.45, 2.75) is 12.5 Å². The van der Waals surface area contributed by atoms with Crippen LogP contribution in [0.15, 0.2) is 36.4 Å². The van der Waals surface area contributed by atoms with Crippen molar-refractivity contribution >= 4 is 0 Å². The van der Waals surface area contributed by atoms with E-state index in [9.17, 15) is 4.39 Å². The standard InChI is InChI=1S/C20H25FN2O2/c1-23(2)9-10-25-19-13-17-14(12-18(19)24-3)7-8-22-20(17)15-5-4-6-16(21)11-15/h4-6,11-13,20,22H,7-10H2,1-3H3. The Balaban J connectivity index is 1.94. The minimum atomic E-state index is -0.220. The molecule has 0 aromatic heterocycles. The lowest BCUT2D eigenvalue weighted by Crippen LogP contribution is -2.30. The molecule has 1 heterocycles. The van der Waals surface area contributed by atoms with Crippen molar-refractivity contribution in [2.75, 3.05) is 40.9 Å². The van der Waals surface area contributed by atoms with E-state index < -0.39 is 0 Å². The van der Waals surface area contributed by atoms with E-state index in [1.54, 1.807) is 19.2 Å². The summed E-state index contributed by atoms with van der Waals surface area (Å²) in [7, 11) is 5.68. The van der Waals surface area contributed by atoms with Gasteiger partial charge >= 0.3 is 0 Å².